The summed E-state index contributed by atoms with van der Waals surface area (Å²) < 4.78 is 0. The van der Waals surface area contributed by atoms with Crippen molar-refractivity contribution in [1.29, 1.82) is 0 Å². The highest BCUT2D eigenvalue weighted by atomic mass is 16.4. The van der Waals surface area contributed by atoms with Gasteiger partial charge in [0, 0.05) is 20.1 Å². The molecule has 1 aromatic rings. The van der Waals surface area contributed by atoms with E-state index in [1.54, 1.807) is 14.1 Å². The van der Waals surface area contributed by atoms with Crippen LogP contribution in [0.4, 0.5) is 9.59 Å². The first kappa shape index (κ1) is 18.8. The number of urea groups is 2. The van der Waals surface area contributed by atoms with Gasteiger partial charge in [-0.25, -0.2) is 14.5 Å². The van der Waals surface area contributed by atoms with Gasteiger partial charge in [0.15, 0.2) is 0 Å². The van der Waals surface area contributed by atoms with E-state index in [1.165, 1.54) is 15.4 Å². The zero-order chi connectivity index (χ0) is 18.4. The minimum atomic E-state index is -1.14. The number of nitrogens with one attached hydrogen (secondary N) is 1. The summed E-state index contributed by atoms with van der Waals surface area (Å²) in [5.74, 6) is -0.714. The lowest BCUT2D eigenvalue weighted by Crippen LogP contribution is -2.54. The lowest BCUT2D eigenvalue weighted by molar-refractivity contribution is -0.135. The smallest absolute Gasteiger partial charge is 0.327 e. The maximum Gasteiger partial charge on any atom is 0.327 e. The van der Waals surface area contributed by atoms with E-state index < -0.39 is 24.6 Å². The first-order chi connectivity index (χ1) is 11.9. The van der Waals surface area contributed by atoms with Gasteiger partial charge in [-0.1, -0.05) is 30.3 Å². The van der Waals surface area contributed by atoms with Crippen molar-refractivity contribution < 1.29 is 19.5 Å². The van der Waals surface area contributed by atoms with Gasteiger partial charge < -0.3 is 15.3 Å². The molecular formula is C18H25N3O4. The van der Waals surface area contributed by atoms with Crippen molar-refractivity contribution in [2.75, 3.05) is 20.6 Å². The Morgan fingerprint density at radius 1 is 1.08 bits per heavy atom. The van der Waals surface area contributed by atoms with Crippen molar-refractivity contribution in [2.45, 2.75) is 37.6 Å². The predicted octanol–water partition coefficient (Wildman–Crippen LogP) is 2.49. The molecule has 2 rings (SSSR count). The molecule has 25 heavy (non-hydrogen) atoms. The predicted molar refractivity (Wildman–Crippen MR) is 93.4 cm³/mol. The van der Waals surface area contributed by atoms with E-state index in [0.29, 0.717) is 18.8 Å². The number of carbonyl (C=O) groups is 3. The van der Waals surface area contributed by atoms with Gasteiger partial charge in [-0.3, -0.25) is 4.79 Å². The fraction of sp³-hybridized carbons (Fsp3) is 0.500. The third-order valence-electron chi connectivity index (χ3n) is 4.53. The summed E-state index contributed by atoms with van der Waals surface area (Å²) in [6.45, 7) is -0.505. The minimum Gasteiger partial charge on any atom is -0.480 e. The van der Waals surface area contributed by atoms with Gasteiger partial charge in [0.05, 0.1) is 0 Å². The van der Waals surface area contributed by atoms with Crippen LogP contribution in [0.1, 0.15) is 37.2 Å². The monoisotopic (exact) mass is 347 g/mol. The van der Waals surface area contributed by atoms with E-state index in [-0.39, 0.29) is 6.04 Å². The van der Waals surface area contributed by atoms with E-state index in [9.17, 15) is 14.4 Å². The summed E-state index contributed by atoms with van der Waals surface area (Å²) in [5.41, 5.74) is 1.28. The largest absolute Gasteiger partial charge is 0.480 e. The molecule has 4 amide bonds. The molecule has 7 nitrogen and oxygen atoms in total. The number of imide groups is 1. The highest BCUT2D eigenvalue weighted by Gasteiger charge is 2.34. The van der Waals surface area contributed by atoms with Crippen LogP contribution >= 0.6 is 0 Å². The zero-order valence-electron chi connectivity index (χ0n) is 14.6. The molecule has 0 bridgehead atoms. The highest BCUT2D eigenvalue weighted by molar-refractivity contribution is 5.94. The summed E-state index contributed by atoms with van der Waals surface area (Å²) in [4.78, 5) is 38.0. The number of rotatable bonds is 4. The molecule has 0 unspecified atom stereocenters. The van der Waals surface area contributed by atoms with Crippen molar-refractivity contribution in [3.63, 3.8) is 0 Å². The first-order valence-electron chi connectivity index (χ1n) is 8.45. The van der Waals surface area contributed by atoms with Crippen molar-refractivity contribution in [2.24, 2.45) is 0 Å². The molecule has 0 saturated heterocycles. The number of amides is 4. The van der Waals surface area contributed by atoms with Crippen molar-refractivity contribution in [1.82, 2.24) is 15.1 Å². The molecule has 1 fully saturated rings. The number of nitrogens with zero attached hydrogens (tertiary/aromatic N) is 2. The second-order valence-corrected chi connectivity index (χ2v) is 6.52. The van der Waals surface area contributed by atoms with Crippen LogP contribution in [-0.4, -0.2) is 59.6 Å². The molecule has 0 heterocycles. The molecule has 1 saturated carbocycles. The molecule has 0 spiro atoms. The van der Waals surface area contributed by atoms with Crippen LogP contribution in [0.15, 0.2) is 30.3 Å². The van der Waals surface area contributed by atoms with Crippen LogP contribution in [-0.2, 0) is 4.79 Å². The average Bonchev–Trinajstić information content (AvgIpc) is 2.61. The Balaban J connectivity index is 2.04. The van der Waals surface area contributed by atoms with E-state index >= 15 is 0 Å². The molecule has 1 aliphatic carbocycles. The highest BCUT2D eigenvalue weighted by Crippen LogP contribution is 2.34. The van der Waals surface area contributed by atoms with Crippen LogP contribution in [0.3, 0.4) is 0 Å². The Morgan fingerprint density at radius 3 is 2.20 bits per heavy atom. The van der Waals surface area contributed by atoms with Crippen molar-refractivity contribution in [3.05, 3.63) is 35.9 Å². The van der Waals surface area contributed by atoms with Gasteiger partial charge in [0.1, 0.15) is 6.54 Å². The van der Waals surface area contributed by atoms with E-state index in [0.717, 1.165) is 12.8 Å². The molecule has 0 radical (unpaired) electrons. The molecule has 0 atom stereocenters. The van der Waals surface area contributed by atoms with Gasteiger partial charge in [-0.2, -0.15) is 0 Å². The Kier molecular flexibility index (Phi) is 6.38. The SMILES string of the molecule is CN(C)C(=O)N(C(=O)NCC(=O)O)C1CCC(c2ccccc2)CC1. The molecule has 0 aromatic heterocycles. The topological polar surface area (TPSA) is 90.0 Å². The summed E-state index contributed by atoms with van der Waals surface area (Å²) in [5, 5.41) is 11.0. The second-order valence-electron chi connectivity index (χ2n) is 6.52. The number of carbonyl (C=O) groups excluding carboxylic acids is 2. The van der Waals surface area contributed by atoms with Crippen LogP contribution in [0.5, 0.6) is 0 Å². The van der Waals surface area contributed by atoms with Crippen LogP contribution in [0.25, 0.3) is 0 Å². The Bertz CT molecular complexity index is 610. The lowest BCUT2D eigenvalue weighted by atomic mass is 9.81. The molecule has 7 heteroatoms. The molecule has 136 valence electrons. The number of hydrogen-bond acceptors (Lipinski definition) is 3. The number of aliphatic carboxylic acids is 1. The van der Waals surface area contributed by atoms with Gasteiger partial charge in [-0.15, -0.1) is 0 Å². The maximum atomic E-state index is 12.4. The van der Waals surface area contributed by atoms with Crippen LogP contribution in [0.2, 0.25) is 0 Å². The number of carboxylic acids is 1. The first-order valence-corrected chi connectivity index (χ1v) is 8.45. The minimum absolute atomic E-state index is 0.219. The van der Waals surface area contributed by atoms with E-state index in [4.69, 9.17) is 5.11 Å². The summed E-state index contributed by atoms with van der Waals surface area (Å²) >= 11 is 0. The van der Waals surface area contributed by atoms with Gasteiger partial charge in [0.25, 0.3) is 0 Å². The second kappa shape index (κ2) is 8.50. The Labute approximate surface area is 147 Å². The third-order valence-corrected chi connectivity index (χ3v) is 4.53. The molecule has 1 aliphatic rings. The van der Waals surface area contributed by atoms with E-state index in [2.05, 4.69) is 17.4 Å². The third kappa shape index (κ3) is 4.95. The normalized spacial score (nSPS) is 19.8. The number of carboxylic acid groups (broad SMARTS) is 1. The van der Waals surface area contributed by atoms with Crippen molar-refractivity contribution in [3.8, 4) is 0 Å². The fourth-order valence-electron chi connectivity index (χ4n) is 3.25. The number of hydrogen-bond donors (Lipinski definition) is 2. The standard InChI is InChI=1S/C18H25N3O4/c1-20(2)18(25)21(17(24)19-12-16(22)23)15-10-8-14(9-11-15)13-6-4-3-5-7-13/h3-7,14-15H,8-12H2,1-2H3,(H,19,24)(H,22,23). The summed E-state index contributed by atoms with van der Waals surface area (Å²) in [6.07, 6.45) is 3.19. The Hall–Kier alpha value is -2.57. The van der Waals surface area contributed by atoms with Gasteiger partial charge in [0.2, 0.25) is 0 Å². The molecule has 0 aliphatic heterocycles. The molecule has 1 aromatic carbocycles. The van der Waals surface area contributed by atoms with E-state index in [1.807, 2.05) is 18.2 Å². The Morgan fingerprint density at radius 2 is 1.68 bits per heavy atom. The van der Waals surface area contributed by atoms with Gasteiger partial charge >= 0.3 is 18.0 Å². The molecule has 2 N–H and O–H groups in total. The summed E-state index contributed by atoms with van der Waals surface area (Å²) in [7, 11) is 3.16. The summed E-state index contributed by atoms with van der Waals surface area (Å²) in [6, 6.07) is 8.93. The quantitative estimate of drug-likeness (QED) is 0.875. The molecular weight excluding hydrogens is 322 g/mol. The average molecular weight is 347 g/mol. The fourth-order valence-corrected chi connectivity index (χ4v) is 3.25. The zero-order valence-corrected chi connectivity index (χ0v) is 14.6. The number of benzene rings is 1. The van der Waals surface area contributed by atoms with Gasteiger partial charge in [-0.05, 0) is 37.2 Å². The van der Waals surface area contributed by atoms with Crippen molar-refractivity contribution >= 4 is 18.0 Å². The maximum absolute atomic E-state index is 12.4. The van der Waals surface area contributed by atoms with Crippen LogP contribution < -0.4 is 5.32 Å². The van der Waals surface area contributed by atoms with Crippen LogP contribution in [0, 0.1) is 0 Å². The lowest BCUT2D eigenvalue weighted by Gasteiger charge is -2.36.